The molecule has 0 saturated carbocycles. The summed E-state index contributed by atoms with van der Waals surface area (Å²) in [5.41, 5.74) is 2.06. The lowest BCUT2D eigenvalue weighted by atomic mass is 10.0. The van der Waals surface area contributed by atoms with Gasteiger partial charge in [0, 0.05) is 17.5 Å². The molecule has 1 atom stereocenters. The van der Waals surface area contributed by atoms with Crippen molar-refractivity contribution in [1.29, 1.82) is 0 Å². The molecule has 1 fully saturated rings. The van der Waals surface area contributed by atoms with Gasteiger partial charge >= 0.3 is 6.03 Å². The van der Waals surface area contributed by atoms with Gasteiger partial charge in [0.2, 0.25) is 0 Å². The lowest BCUT2D eigenvalue weighted by Gasteiger charge is -2.18. The van der Waals surface area contributed by atoms with Gasteiger partial charge in [-0.05, 0) is 41.5 Å². The molecule has 154 valence electrons. The zero-order chi connectivity index (χ0) is 21.8. The molecular formula is C25H19ClN2O3. The average Bonchev–Trinajstić information content (AvgIpc) is 3.04. The van der Waals surface area contributed by atoms with Crippen molar-refractivity contribution in [2.45, 2.75) is 12.5 Å². The number of halogens is 1. The Labute approximate surface area is 185 Å². The molecular weight excluding hydrogens is 412 g/mol. The topological polar surface area (TPSA) is 57.7 Å². The van der Waals surface area contributed by atoms with Crippen molar-refractivity contribution in [3.63, 3.8) is 0 Å². The van der Waals surface area contributed by atoms with Crippen LogP contribution in [0.2, 0.25) is 5.02 Å². The first-order valence-corrected chi connectivity index (χ1v) is 10.2. The highest BCUT2D eigenvalue weighted by Gasteiger charge is 2.48. The van der Waals surface area contributed by atoms with Crippen LogP contribution in [0.15, 0.2) is 91.0 Å². The van der Waals surface area contributed by atoms with Gasteiger partial charge < -0.3 is 0 Å². The van der Waals surface area contributed by atoms with E-state index in [0.717, 1.165) is 20.9 Å². The van der Waals surface area contributed by atoms with Crippen molar-refractivity contribution in [2.75, 3.05) is 4.90 Å². The number of amides is 4. The second kappa shape index (κ2) is 8.98. The third kappa shape index (κ3) is 4.42. The van der Waals surface area contributed by atoms with E-state index in [0.29, 0.717) is 10.7 Å². The lowest BCUT2D eigenvalue weighted by molar-refractivity contribution is -0.129. The van der Waals surface area contributed by atoms with Crippen molar-refractivity contribution < 1.29 is 14.4 Å². The molecule has 0 bridgehead atoms. The number of benzene rings is 3. The van der Waals surface area contributed by atoms with Crippen LogP contribution in [0, 0.1) is 0 Å². The minimum atomic E-state index is -0.919. The summed E-state index contributed by atoms with van der Waals surface area (Å²) < 4.78 is 0. The predicted octanol–water partition coefficient (Wildman–Crippen LogP) is 4.96. The average molecular weight is 431 g/mol. The van der Waals surface area contributed by atoms with Crippen molar-refractivity contribution in [2.24, 2.45) is 0 Å². The fourth-order valence-corrected chi connectivity index (χ4v) is 3.62. The van der Waals surface area contributed by atoms with Crippen LogP contribution in [0.1, 0.15) is 11.1 Å². The Bertz CT molecular complexity index is 1130. The lowest BCUT2D eigenvalue weighted by Crippen LogP contribution is -2.40. The van der Waals surface area contributed by atoms with Crippen molar-refractivity contribution >= 4 is 41.2 Å². The number of nitrogens with zero attached hydrogens (tertiary/aromatic N) is 2. The third-order valence-electron chi connectivity index (χ3n) is 5.03. The third-order valence-corrected chi connectivity index (χ3v) is 5.28. The van der Waals surface area contributed by atoms with Crippen LogP contribution in [-0.2, 0) is 16.0 Å². The van der Waals surface area contributed by atoms with Crippen molar-refractivity contribution in [1.82, 2.24) is 4.90 Å². The number of carbonyl (C=O) groups is 3. The Balaban J connectivity index is 1.65. The largest absolute Gasteiger partial charge is 0.339 e. The van der Waals surface area contributed by atoms with Crippen molar-refractivity contribution in [3.8, 4) is 0 Å². The molecule has 0 aliphatic carbocycles. The molecule has 0 radical (unpaired) electrons. The monoisotopic (exact) mass is 430 g/mol. The van der Waals surface area contributed by atoms with Gasteiger partial charge in [-0.15, -0.1) is 0 Å². The van der Waals surface area contributed by atoms with E-state index in [1.54, 1.807) is 60.7 Å². The Kier molecular flexibility index (Phi) is 5.96. The minimum absolute atomic E-state index is 0.245. The molecule has 0 N–H and O–H groups in total. The molecule has 1 aliphatic heterocycles. The van der Waals surface area contributed by atoms with Crippen LogP contribution in [0.3, 0.4) is 0 Å². The number of anilines is 1. The van der Waals surface area contributed by atoms with Crippen LogP contribution >= 0.6 is 11.6 Å². The molecule has 1 saturated heterocycles. The fraction of sp³-hybridized carbons (Fsp3) is 0.0800. The first kappa shape index (κ1) is 20.6. The van der Waals surface area contributed by atoms with E-state index in [1.807, 2.05) is 30.3 Å². The molecule has 4 amide bonds. The highest BCUT2D eigenvalue weighted by Crippen LogP contribution is 2.27. The van der Waals surface area contributed by atoms with Crippen LogP contribution in [0.5, 0.6) is 0 Å². The second-order valence-electron chi connectivity index (χ2n) is 7.09. The van der Waals surface area contributed by atoms with Crippen LogP contribution < -0.4 is 4.90 Å². The number of hydrogen-bond acceptors (Lipinski definition) is 3. The zero-order valence-corrected chi connectivity index (χ0v) is 17.3. The highest BCUT2D eigenvalue weighted by molar-refractivity contribution is 6.30. The quantitative estimate of drug-likeness (QED) is 0.424. The Hall–Kier alpha value is -3.70. The fourth-order valence-electron chi connectivity index (χ4n) is 3.50. The first-order chi connectivity index (χ1) is 15.0. The summed E-state index contributed by atoms with van der Waals surface area (Å²) in [5.74, 6) is -0.971. The summed E-state index contributed by atoms with van der Waals surface area (Å²) in [6, 6.07) is 23.4. The standard InChI is InChI=1S/C25H19ClN2O3/c26-20-14-11-18(12-15-20)13-16-23(29)28-22(17-19-7-3-1-4-8-19)24(30)27(25(28)31)21-9-5-2-6-10-21/h1-16,22H,17H2/b16-13+. The van der Waals surface area contributed by atoms with E-state index >= 15 is 0 Å². The van der Waals surface area contributed by atoms with E-state index in [1.165, 1.54) is 6.08 Å². The minimum Gasteiger partial charge on any atom is -0.272 e. The van der Waals surface area contributed by atoms with Gasteiger partial charge in [-0.25, -0.2) is 14.6 Å². The maximum atomic E-state index is 13.2. The summed E-state index contributed by atoms with van der Waals surface area (Å²) >= 11 is 5.90. The van der Waals surface area contributed by atoms with Gasteiger partial charge in [-0.1, -0.05) is 72.3 Å². The summed E-state index contributed by atoms with van der Waals surface area (Å²) in [5, 5.41) is 0.588. The Morgan fingerprint density at radius 2 is 1.48 bits per heavy atom. The maximum absolute atomic E-state index is 13.2. The number of para-hydroxylation sites is 1. The van der Waals surface area contributed by atoms with Crippen LogP contribution in [0.4, 0.5) is 10.5 Å². The zero-order valence-electron chi connectivity index (χ0n) is 16.5. The molecule has 5 nitrogen and oxygen atoms in total. The van der Waals surface area contributed by atoms with E-state index in [4.69, 9.17) is 11.6 Å². The second-order valence-corrected chi connectivity index (χ2v) is 7.53. The molecule has 1 aliphatic rings. The molecule has 4 rings (SSSR count). The van der Waals surface area contributed by atoms with Gasteiger partial charge in [-0.3, -0.25) is 9.59 Å². The maximum Gasteiger partial charge on any atom is 0.339 e. The molecule has 1 unspecified atom stereocenters. The Morgan fingerprint density at radius 1 is 0.871 bits per heavy atom. The number of urea groups is 1. The highest BCUT2D eigenvalue weighted by atomic mass is 35.5. The first-order valence-electron chi connectivity index (χ1n) is 9.78. The number of hydrogen-bond donors (Lipinski definition) is 0. The number of carbonyl (C=O) groups excluding carboxylic acids is 3. The van der Waals surface area contributed by atoms with Gasteiger partial charge in [0.05, 0.1) is 5.69 Å². The molecule has 3 aromatic carbocycles. The number of rotatable bonds is 5. The molecule has 6 heteroatoms. The summed E-state index contributed by atoms with van der Waals surface area (Å²) in [6.45, 7) is 0. The molecule has 31 heavy (non-hydrogen) atoms. The van der Waals surface area contributed by atoms with Gasteiger partial charge in [-0.2, -0.15) is 0 Å². The number of imide groups is 2. The molecule has 3 aromatic rings. The normalized spacial score (nSPS) is 16.4. The van der Waals surface area contributed by atoms with Crippen LogP contribution in [0.25, 0.3) is 6.08 Å². The van der Waals surface area contributed by atoms with Crippen LogP contribution in [-0.4, -0.2) is 28.8 Å². The molecule has 0 spiro atoms. The summed E-state index contributed by atoms with van der Waals surface area (Å²) in [4.78, 5) is 41.5. The van der Waals surface area contributed by atoms with Gasteiger partial charge in [0.1, 0.15) is 6.04 Å². The smallest absolute Gasteiger partial charge is 0.272 e. The van der Waals surface area contributed by atoms with E-state index in [9.17, 15) is 14.4 Å². The summed E-state index contributed by atoms with van der Waals surface area (Å²) in [6.07, 6.45) is 3.15. The SMILES string of the molecule is O=C1C(Cc2ccccc2)N(C(=O)/C=C/c2ccc(Cl)cc2)C(=O)N1c1ccccc1. The van der Waals surface area contributed by atoms with Gasteiger partial charge in [0.25, 0.3) is 11.8 Å². The van der Waals surface area contributed by atoms with E-state index in [-0.39, 0.29) is 6.42 Å². The van der Waals surface area contributed by atoms with E-state index in [2.05, 4.69) is 0 Å². The molecule has 0 aromatic heterocycles. The molecule has 1 heterocycles. The van der Waals surface area contributed by atoms with E-state index < -0.39 is 23.9 Å². The summed E-state index contributed by atoms with van der Waals surface area (Å²) in [7, 11) is 0. The predicted molar refractivity (Wildman–Crippen MR) is 121 cm³/mol. The van der Waals surface area contributed by atoms with Crippen molar-refractivity contribution in [3.05, 3.63) is 107 Å². The van der Waals surface area contributed by atoms with Gasteiger partial charge in [0.15, 0.2) is 0 Å². The Morgan fingerprint density at radius 3 is 2.13 bits per heavy atom.